The third-order valence-electron chi connectivity index (χ3n) is 5.09. The summed E-state index contributed by atoms with van der Waals surface area (Å²) in [4.78, 5) is 36.5. The van der Waals surface area contributed by atoms with Crippen molar-refractivity contribution in [3.63, 3.8) is 0 Å². The monoisotopic (exact) mass is 391 g/mol. The molecule has 0 unspecified atom stereocenters. The molecule has 2 heterocycles. The molecule has 0 bridgehead atoms. The Morgan fingerprint density at radius 1 is 1.35 bits per heavy atom. The number of fused-ring (bicyclic) bond motifs is 1. The van der Waals surface area contributed by atoms with Crippen LogP contribution < -0.4 is 11.5 Å². The molecule has 0 radical (unpaired) electrons. The Morgan fingerprint density at radius 3 is 2.50 bits per heavy atom. The third-order valence-corrected chi connectivity index (χ3v) is 7.97. The number of nitrogens with two attached hydrogens (primary N) is 2. The summed E-state index contributed by atoms with van der Waals surface area (Å²) in [6, 6.07) is -2.34. The Balaban J connectivity index is 2.05. The fraction of sp³-hybridized carbons (Fsp3) is 0.800. The molecule has 2 rings (SSSR count). The summed E-state index contributed by atoms with van der Waals surface area (Å²) in [5.41, 5.74) is 11.1. The Morgan fingerprint density at radius 2 is 1.96 bits per heavy atom. The maximum atomic E-state index is 12.7. The number of ether oxygens (including phenoxy) is 1. The number of carbonyl (C=O) groups is 3. The van der Waals surface area contributed by atoms with Crippen molar-refractivity contribution in [2.45, 2.75) is 55.3 Å². The number of rotatable bonds is 8. The normalized spacial score (nSPS) is 29.6. The SMILES string of the molecule is CC1(C)[C@H](C(=O)O)N2C(=O)[C@@H](COC(=O)[C@@H](N)CCCCN)[C@H]2S1(=O)=O. The van der Waals surface area contributed by atoms with Crippen LogP contribution in [-0.4, -0.2) is 71.6 Å². The maximum Gasteiger partial charge on any atom is 0.328 e. The van der Waals surface area contributed by atoms with Crippen molar-refractivity contribution in [3.05, 3.63) is 0 Å². The Bertz CT molecular complexity index is 706. The number of hydrogen-bond acceptors (Lipinski definition) is 8. The summed E-state index contributed by atoms with van der Waals surface area (Å²) in [5, 5.41) is 8.03. The van der Waals surface area contributed by atoms with Gasteiger partial charge < -0.3 is 26.2 Å². The van der Waals surface area contributed by atoms with Crippen LogP contribution in [-0.2, 0) is 29.0 Å². The van der Waals surface area contributed by atoms with E-state index < -0.39 is 62.4 Å². The number of carboxylic acids is 1. The number of aliphatic carboxylic acids is 1. The van der Waals surface area contributed by atoms with E-state index in [9.17, 15) is 27.9 Å². The number of nitrogens with zero attached hydrogens (tertiary/aromatic N) is 1. The summed E-state index contributed by atoms with van der Waals surface area (Å²) < 4.78 is 28.7. The van der Waals surface area contributed by atoms with Crippen LogP contribution in [0.5, 0.6) is 0 Å². The number of amides is 1. The van der Waals surface area contributed by atoms with Gasteiger partial charge in [-0.25, -0.2) is 13.2 Å². The minimum absolute atomic E-state index is 0.372. The number of hydrogen-bond donors (Lipinski definition) is 3. The van der Waals surface area contributed by atoms with E-state index in [1.807, 2.05) is 0 Å². The average molecular weight is 391 g/mol. The first-order chi connectivity index (χ1) is 12.0. The van der Waals surface area contributed by atoms with Gasteiger partial charge in [0.25, 0.3) is 0 Å². The average Bonchev–Trinajstić information content (AvgIpc) is 2.69. The van der Waals surface area contributed by atoms with Crippen molar-refractivity contribution in [3.8, 4) is 0 Å². The number of esters is 1. The number of sulfone groups is 1. The quantitative estimate of drug-likeness (QED) is 0.251. The zero-order chi connectivity index (χ0) is 19.9. The van der Waals surface area contributed by atoms with E-state index >= 15 is 0 Å². The fourth-order valence-electron chi connectivity index (χ4n) is 3.47. The lowest BCUT2D eigenvalue weighted by Gasteiger charge is -2.42. The Kier molecular flexibility index (Phi) is 5.64. The highest BCUT2D eigenvalue weighted by Gasteiger charge is 2.72. The molecule has 0 aromatic rings. The van der Waals surface area contributed by atoms with Crippen LogP contribution >= 0.6 is 0 Å². The van der Waals surface area contributed by atoms with Crippen LogP contribution in [0.4, 0.5) is 0 Å². The van der Waals surface area contributed by atoms with E-state index in [2.05, 4.69) is 0 Å². The van der Waals surface area contributed by atoms with Gasteiger partial charge >= 0.3 is 11.9 Å². The van der Waals surface area contributed by atoms with Crippen molar-refractivity contribution in [1.82, 2.24) is 4.90 Å². The van der Waals surface area contributed by atoms with Gasteiger partial charge in [-0.05, 0) is 33.2 Å². The van der Waals surface area contributed by atoms with Crippen molar-refractivity contribution in [2.24, 2.45) is 17.4 Å². The van der Waals surface area contributed by atoms with Crippen LogP contribution in [0.3, 0.4) is 0 Å². The molecular weight excluding hydrogens is 366 g/mol. The molecule has 10 nitrogen and oxygen atoms in total. The topological polar surface area (TPSA) is 170 Å². The number of carbonyl (C=O) groups excluding carboxylic acids is 2. The predicted octanol–water partition coefficient (Wildman–Crippen LogP) is -1.57. The van der Waals surface area contributed by atoms with E-state index in [4.69, 9.17) is 16.2 Å². The van der Waals surface area contributed by atoms with Gasteiger partial charge in [0, 0.05) is 0 Å². The van der Waals surface area contributed by atoms with Crippen LogP contribution in [0.2, 0.25) is 0 Å². The van der Waals surface area contributed by atoms with Gasteiger partial charge in [0.15, 0.2) is 15.2 Å². The molecule has 2 fully saturated rings. The zero-order valence-corrected chi connectivity index (χ0v) is 15.6. The van der Waals surface area contributed by atoms with E-state index in [-0.39, 0.29) is 0 Å². The van der Waals surface area contributed by atoms with Gasteiger partial charge in [-0.2, -0.15) is 0 Å². The molecule has 0 aliphatic carbocycles. The third kappa shape index (κ3) is 3.08. The zero-order valence-electron chi connectivity index (χ0n) is 14.8. The second-order valence-electron chi connectivity index (χ2n) is 7.15. The van der Waals surface area contributed by atoms with E-state index in [0.717, 1.165) is 4.90 Å². The van der Waals surface area contributed by atoms with Gasteiger partial charge in [-0.3, -0.25) is 9.59 Å². The lowest BCUT2D eigenvalue weighted by Crippen LogP contribution is -2.64. The number of β-lactam (4-membered cyclic amide) rings is 1. The van der Waals surface area contributed by atoms with Crippen molar-refractivity contribution in [2.75, 3.05) is 13.2 Å². The summed E-state index contributed by atoms with van der Waals surface area (Å²) in [6.07, 6.45) is 1.73. The summed E-state index contributed by atoms with van der Waals surface area (Å²) in [6.45, 7) is 2.60. The Labute approximate surface area is 151 Å². The van der Waals surface area contributed by atoms with Crippen molar-refractivity contribution >= 4 is 27.7 Å². The molecule has 2 saturated heterocycles. The van der Waals surface area contributed by atoms with Crippen LogP contribution in [0.1, 0.15) is 33.1 Å². The highest BCUT2D eigenvalue weighted by atomic mass is 32.2. The summed E-state index contributed by atoms with van der Waals surface area (Å²) in [7, 11) is -3.94. The predicted molar refractivity (Wildman–Crippen MR) is 90.4 cm³/mol. The first-order valence-electron chi connectivity index (χ1n) is 8.39. The van der Waals surface area contributed by atoms with Gasteiger partial charge in [0.1, 0.15) is 24.6 Å². The first kappa shape index (κ1) is 20.6. The van der Waals surface area contributed by atoms with Crippen molar-refractivity contribution in [1.29, 1.82) is 0 Å². The summed E-state index contributed by atoms with van der Waals surface area (Å²) in [5.74, 6) is -3.87. The van der Waals surface area contributed by atoms with Gasteiger partial charge in [-0.1, -0.05) is 6.42 Å². The molecule has 0 aromatic carbocycles. The van der Waals surface area contributed by atoms with Crippen LogP contribution in [0.15, 0.2) is 0 Å². The van der Waals surface area contributed by atoms with E-state index in [1.165, 1.54) is 13.8 Å². The molecule has 11 heteroatoms. The largest absolute Gasteiger partial charge is 0.480 e. The van der Waals surface area contributed by atoms with Crippen LogP contribution in [0, 0.1) is 5.92 Å². The minimum atomic E-state index is -3.94. The molecular formula is C15H25N3O7S. The molecule has 2 aliphatic heterocycles. The molecule has 26 heavy (non-hydrogen) atoms. The standard InChI is InChI=1S/C15H25N3O7S/c1-15(2)10(13(20)21)18-11(19)8(12(18)26(15,23)24)7-25-14(22)9(17)5-3-4-6-16/h8-10,12H,3-7,16-17H2,1-2H3,(H,20,21)/t8-,9+,10+,12-/m1/s1. The second-order valence-corrected chi connectivity index (χ2v) is 9.78. The van der Waals surface area contributed by atoms with Crippen LogP contribution in [0.25, 0.3) is 0 Å². The fourth-order valence-corrected chi connectivity index (χ4v) is 5.77. The van der Waals surface area contributed by atoms with Crippen molar-refractivity contribution < 1.29 is 32.6 Å². The minimum Gasteiger partial charge on any atom is -0.480 e. The highest BCUT2D eigenvalue weighted by Crippen LogP contribution is 2.48. The molecule has 148 valence electrons. The van der Waals surface area contributed by atoms with Gasteiger partial charge in [0.05, 0.1) is 4.75 Å². The molecule has 4 atom stereocenters. The van der Waals surface area contributed by atoms with E-state index in [1.54, 1.807) is 0 Å². The molecule has 0 saturated carbocycles. The molecule has 5 N–H and O–H groups in total. The molecule has 2 aliphatic rings. The molecule has 0 aromatic heterocycles. The molecule has 0 spiro atoms. The first-order valence-corrected chi connectivity index (χ1v) is 9.93. The number of carboxylic acid groups (broad SMARTS) is 1. The summed E-state index contributed by atoms with van der Waals surface area (Å²) >= 11 is 0. The Hall–Kier alpha value is -1.72. The lowest BCUT2D eigenvalue weighted by molar-refractivity contribution is -0.169. The van der Waals surface area contributed by atoms with Gasteiger partial charge in [-0.15, -0.1) is 0 Å². The highest BCUT2D eigenvalue weighted by molar-refractivity contribution is 7.93. The smallest absolute Gasteiger partial charge is 0.328 e. The van der Waals surface area contributed by atoms with E-state index in [0.29, 0.717) is 25.8 Å². The van der Waals surface area contributed by atoms with Gasteiger partial charge in [0.2, 0.25) is 5.91 Å². The molecule has 1 amide bonds. The number of unbranched alkanes of at least 4 members (excludes halogenated alkanes) is 1. The second kappa shape index (κ2) is 7.12. The lowest BCUT2D eigenvalue weighted by atomic mass is 9.92. The maximum absolute atomic E-state index is 12.7.